The summed E-state index contributed by atoms with van der Waals surface area (Å²) in [6, 6.07) is 2.10. The number of rotatable bonds is 7. The van der Waals surface area contributed by atoms with Crippen LogP contribution in [-0.2, 0) is 25.9 Å². The van der Waals surface area contributed by atoms with Crippen molar-refractivity contribution in [2.24, 2.45) is 5.92 Å². The zero-order valence-electron chi connectivity index (χ0n) is 15.4. The van der Waals surface area contributed by atoms with Gasteiger partial charge in [0.05, 0.1) is 29.4 Å². The second kappa shape index (κ2) is 8.08. The number of hydrogen-bond acceptors (Lipinski definition) is 6. The molecule has 0 fully saturated rings. The van der Waals surface area contributed by atoms with Gasteiger partial charge in [0.15, 0.2) is 12.8 Å². The highest BCUT2D eigenvalue weighted by molar-refractivity contribution is 7.14. The lowest BCUT2D eigenvalue weighted by atomic mass is 9.85. The van der Waals surface area contributed by atoms with E-state index in [-0.39, 0.29) is 5.91 Å². The molecule has 1 atom stereocenters. The lowest BCUT2D eigenvalue weighted by molar-refractivity contribution is 0.0730. The third-order valence-corrected chi connectivity index (χ3v) is 6.28. The summed E-state index contributed by atoms with van der Waals surface area (Å²) >= 11 is 1.64. The molecular formula is C20H23N3O3S. The van der Waals surface area contributed by atoms with Crippen molar-refractivity contribution < 1.29 is 13.6 Å². The standard InChI is InChI=1S/C20H23N3O3S/c1-2-3-14-4-5-18-15(6-14)7-19(27-18)20(24)23(8-16-10-25-12-21-16)9-17-11-26-13-22-17/h7,10-14H,2-6,8-9H2,1H3/t14-/m1/s1. The van der Waals surface area contributed by atoms with E-state index >= 15 is 0 Å². The van der Waals surface area contributed by atoms with Gasteiger partial charge in [0.2, 0.25) is 0 Å². The Morgan fingerprint density at radius 1 is 1.22 bits per heavy atom. The van der Waals surface area contributed by atoms with Crippen molar-refractivity contribution in [3.05, 3.63) is 58.1 Å². The van der Waals surface area contributed by atoms with Crippen molar-refractivity contribution in [3.63, 3.8) is 0 Å². The first-order chi connectivity index (χ1) is 13.2. The molecule has 1 aliphatic rings. The first-order valence-corrected chi connectivity index (χ1v) is 10.2. The molecular weight excluding hydrogens is 362 g/mol. The topological polar surface area (TPSA) is 72.4 Å². The number of aromatic nitrogens is 2. The lowest BCUT2D eigenvalue weighted by Gasteiger charge is -2.21. The first kappa shape index (κ1) is 18.0. The van der Waals surface area contributed by atoms with Gasteiger partial charge in [-0.2, -0.15) is 0 Å². The van der Waals surface area contributed by atoms with Crippen LogP contribution < -0.4 is 0 Å². The predicted molar refractivity (Wildman–Crippen MR) is 101 cm³/mol. The van der Waals surface area contributed by atoms with E-state index in [0.29, 0.717) is 13.1 Å². The highest BCUT2D eigenvalue weighted by Crippen LogP contribution is 2.34. The van der Waals surface area contributed by atoms with Gasteiger partial charge in [-0.05, 0) is 36.8 Å². The number of fused-ring (bicyclic) bond motifs is 1. The minimum Gasteiger partial charge on any atom is -0.451 e. The third-order valence-electron chi connectivity index (χ3n) is 5.05. The molecule has 0 saturated carbocycles. The van der Waals surface area contributed by atoms with Crippen molar-refractivity contribution in [2.45, 2.75) is 52.1 Å². The summed E-state index contributed by atoms with van der Waals surface area (Å²) in [4.78, 5) is 25.5. The number of amides is 1. The first-order valence-electron chi connectivity index (χ1n) is 9.38. The molecule has 0 radical (unpaired) electrons. The molecule has 1 aliphatic carbocycles. The zero-order chi connectivity index (χ0) is 18.6. The lowest BCUT2D eigenvalue weighted by Crippen LogP contribution is -2.29. The maximum absolute atomic E-state index is 13.2. The summed E-state index contributed by atoms with van der Waals surface area (Å²) in [6.45, 7) is 3.00. The Balaban J connectivity index is 1.54. The molecule has 27 heavy (non-hydrogen) atoms. The Hall–Kier alpha value is -2.41. The molecule has 0 N–H and O–H groups in total. The molecule has 0 aliphatic heterocycles. The van der Waals surface area contributed by atoms with E-state index in [0.717, 1.165) is 35.0 Å². The summed E-state index contributed by atoms with van der Waals surface area (Å²) in [6.07, 6.45) is 11.8. The number of nitrogens with zero attached hydrogens (tertiary/aromatic N) is 3. The molecule has 3 heterocycles. The van der Waals surface area contributed by atoms with Crippen LogP contribution in [0.25, 0.3) is 0 Å². The van der Waals surface area contributed by atoms with Crippen LogP contribution in [0.2, 0.25) is 0 Å². The minimum absolute atomic E-state index is 0.00689. The Labute approximate surface area is 162 Å². The van der Waals surface area contributed by atoms with Crippen molar-refractivity contribution in [2.75, 3.05) is 0 Å². The van der Waals surface area contributed by atoms with Crippen LogP contribution in [0.15, 0.2) is 40.2 Å². The monoisotopic (exact) mass is 385 g/mol. The van der Waals surface area contributed by atoms with Crippen LogP contribution >= 0.6 is 11.3 Å². The SMILES string of the molecule is CCC[C@@H]1CCc2sc(C(=O)N(Cc3cocn3)Cc3cocn3)cc2C1. The number of hydrogen-bond donors (Lipinski definition) is 0. The normalized spacial score (nSPS) is 16.3. The van der Waals surface area contributed by atoms with Gasteiger partial charge < -0.3 is 13.7 Å². The second-order valence-corrected chi connectivity index (χ2v) is 8.21. The summed E-state index contributed by atoms with van der Waals surface area (Å²) in [5, 5.41) is 0. The Morgan fingerprint density at radius 2 is 1.93 bits per heavy atom. The van der Waals surface area contributed by atoms with Gasteiger partial charge in [0.1, 0.15) is 12.5 Å². The summed E-state index contributed by atoms with van der Waals surface area (Å²) < 4.78 is 10.1. The molecule has 0 aromatic carbocycles. The summed E-state index contributed by atoms with van der Waals surface area (Å²) in [5.41, 5.74) is 2.79. The summed E-state index contributed by atoms with van der Waals surface area (Å²) in [5.74, 6) is 0.758. The molecule has 0 unspecified atom stereocenters. The van der Waals surface area contributed by atoms with Gasteiger partial charge in [-0.1, -0.05) is 19.8 Å². The fourth-order valence-corrected chi connectivity index (χ4v) is 4.91. The average molecular weight is 385 g/mol. The Bertz CT molecular complexity index is 834. The van der Waals surface area contributed by atoms with Crippen LogP contribution in [0.3, 0.4) is 0 Å². The Morgan fingerprint density at radius 3 is 2.52 bits per heavy atom. The van der Waals surface area contributed by atoms with E-state index in [4.69, 9.17) is 8.83 Å². The highest BCUT2D eigenvalue weighted by atomic mass is 32.1. The van der Waals surface area contributed by atoms with E-state index in [1.165, 1.54) is 42.5 Å². The van der Waals surface area contributed by atoms with Crippen LogP contribution in [0.5, 0.6) is 0 Å². The van der Waals surface area contributed by atoms with Crippen LogP contribution in [-0.4, -0.2) is 20.8 Å². The van der Waals surface area contributed by atoms with Gasteiger partial charge in [-0.3, -0.25) is 4.79 Å². The van der Waals surface area contributed by atoms with E-state index in [1.807, 2.05) is 0 Å². The van der Waals surface area contributed by atoms with Gasteiger partial charge >= 0.3 is 0 Å². The van der Waals surface area contributed by atoms with E-state index in [2.05, 4.69) is 23.0 Å². The molecule has 3 aromatic rings. The van der Waals surface area contributed by atoms with Gasteiger partial charge in [0, 0.05) is 4.88 Å². The summed E-state index contributed by atoms with van der Waals surface area (Å²) in [7, 11) is 0. The molecule has 4 rings (SSSR count). The Kier molecular flexibility index (Phi) is 5.38. The number of carbonyl (C=O) groups excluding carboxylic acids is 1. The fraction of sp³-hybridized carbons (Fsp3) is 0.450. The molecule has 142 valence electrons. The molecule has 7 heteroatoms. The number of thiophene rings is 1. The molecule has 0 saturated heterocycles. The second-order valence-electron chi connectivity index (χ2n) is 7.08. The highest BCUT2D eigenvalue weighted by Gasteiger charge is 2.25. The number of aryl methyl sites for hydroxylation is 1. The van der Waals surface area contributed by atoms with E-state index < -0.39 is 0 Å². The van der Waals surface area contributed by atoms with Gasteiger partial charge in [-0.25, -0.2) is 9.97 Å². The van der Waals surface area contributed by atoms with E-state index in [9.17, 15) is 4.79 Å². The molecule has 6 nitrogen and oxygen atoms in total. The molecule has 3 aromatic heterocycles. The van der Waals surface area contributed by atoms with Gasteiger partial charge in [-0.15, -0.1) is 11.3 Å². The smallest absolute Gasteiger partial charge is 0.264 e. The van der Waals surface area contributed by atoms with Crippen molar-refractivity contribution in [1.29, 1.82) is 0 Å². The third kappa shape index (κ3) is 4.13. The number of oxazole rings is 2. The zero-order valence-corrected chi connectivity index (χ0v) is 16.2. The largest absolute Gasteiger partial charge is 0.451 e. The molecule has 0 bridgehead atoms. The van der Waals surface area contributed by atoms with E-state index in [1.54, 1.807) is 28.8 Å². The minimum atomic E-state index is 0.00689. The van der Waals surface area contributed by atoms with Crippen molar-refractivity contribution >= 4 is 17.2 Å². The van der Waals surface area contributed by atoms with Crippen LogP contribution in [0.1, 0.15) is 57.7 Å². The number of carbonyl (C=O) groups is 1. The maximum Gasteiger partial charge on any atom is 0.264 e. The quantitative estimate of drug-likeness (QED) is 0.600. The van der Waals surface area contributed by atoms with Crippen LogP contribution in [0.4, 0.5) is 0 Å². The average Bonchev–Trinajstić information content (AvgIpc) is 3.42. The maximum atomic E-state index is 13.2. The predicted octanol–water partition coefficient (Wildman–Crippen LogP) is 4.47. The molecule has 0 spiro atoms. The molecule has 1 amide bonds. The van der Waals surface area contributed by atoms with Crippen LogP contribution in [0, 0.1) is 5.92 Å². The fourth-order valence-electron chi connectivity index (χ4n) is 3.74. The van der Waals surface area contributed by atoms with Gasteiger partial charge in [0.25, 0.3) is 5.91 Å². The van der Waals surface area contributed by atoms with Crippen molar-refractivity contribution in [1.82, 2.24) is 14.9 Å². The van der Waals surface area contributed by atoms with Crippen molar-refractivity contribution in [3.8, 4) is 0 Å².